The zero-order valence-electron chi connectivity index (χ0n) is 23.5. The van der Waals surface area contributed by atoms with Crippen LogP contribution in [0.4, 0.5) is 17.6 Å². The molecule has 1 aromatic carbocycles. The van der Waals surface area contributed by atoms with Gasteiger partial charge in [0.15, 0.2) is 11.5 Å². The molecule has 0 spiro atoms. The molecule has 3 aliphatic carbocycles. The van der Waals surface area contributed by atoms with Crippen LogP contribution in [0.2, 0.25) is 0 Å². The Labute approximate surface area is 227 Å². The van der Waals surface area contributed by atoms with Gasteiger partial charge in [-0.1, -0.05) is 32.6 Å². The molecule has 3 aliphatic rings. The van der Waals surface area contributed by atoms with E-state index in [2.05, 4.69) is 6.92 Å². The van der Waals surface area contributed by atoms with Gasteiger partial charge in [0.1, 0.15) is 0 Å². The number of halogens is 4. The molecule has 2 nitrogen and oxygen atoms in total. The van der Waals surface area contributed by atoms with E-state index in [1.807, 2.05) is 0 Å². The quantitative estimate of drug-likeness (QED) is 0.260. The summed E-state index contributed by atoms with van der Waals surface area (Å²) >= 11 is 0. The summed E-state index contributed by atoms with van der Waals surface area (Å²) in [6, 6.07) is 2.50. The third-order valence-corrected chi connectivity index (χ3v) is 10.1. The molecule has 1 aromatic rings. The molecule has 0 bridgehead atoms. The number of hydrogen-bond acceptors (Lipinski definition) is 2. The highest BCUT2D eigenvalue weighted by Gasteiger charge is 2.43. The van der Waals surface area contributed by atoms with E-state index >= 15 is 0 Å². The molecule has 0 atom stereocenters. The average Bonchev–Trinajstić information content (AvgIpc) is 2.93. The van der Waals surface area contributed by atoms with Crippen molar-refractivity contribution in [2.45, 2.75) is 116 Å². The summed E-state index contributed by atoms with van der Waals surface area (Å²) in [6.45, 7) is 3.82. The van der Waals surface area contributed by atoms with Crippen LogP contribution < -0.4 is 9.47 Å². The summed E-state index contributed by atoms with van der Waals surface area (Å²) in [5.74, 6) is -2.35. The van der Waals surface area contributed by atoms with Gasteiger partial charge in [-0.3, -0.25) is 0 Å². The van der Waals surface area contributed by atoms with Gasteiger partial charge in [-0.15, -0.1) is 0 Å². The molecule has 216 valence electrons. The van der Waals surface area contributed by atoms with E-state index in [0.717, 1.165) is 30.6 Å². The van der Waals surface area contributed by atoms with Crippen LogP contribution in [0.25, 0.3) is 0 Å². The molecule has 0 unspecified atom stereocenters. The third kappa shape index (κ3) is 7.38. The van der Waals surface area contributed by atoms with E-state index in [1.165, 1.54) is 76.3 Å². The Morgan fingerprint density at radius 1 is 0.684 bits per heavy atom. The number of ether oxygens (including phenoxy) is 2. The third-order valence-electron chi connectivity index (χ3n) is 10.1. The molecule has 0 radical (unpaired) electrons. The molecular formula is C32H48F4O2. The molecule has 4 rings (SSSR count). The summed E-state index contributed by atoms with van der Waals surface area (Å²) in [5, 5.41) is 0. The van der Waals surface area contributed by atoms with Crippen LogP contribution >= 0.6 is 0 Å². The number of hydrogen-bond donors (Lipinski definition) is 0. The van der Waals surface area contributed by atoms with Gasteiger partial charge in [0.05, 0.1) is 13.2 Å². The Balaban J connectivity index is 1.17. The molecule has 0 saturated heterocycles. The van der Waals surface area contributed by atoms with Crippen LogP contribution in [-0.4, -0.2) is 19.1 Å². The van der Waals surface area contributed by atoms with Gasteiger partial charge < -0.3 is 9.47 Å². The SMILES string of the molecule is CCCC1CCC(C2CCC(C3CCC(C(F)(F)CCOc4ccc(OCC)c(F)c4F)CC3)CC2)CC1. The normalized spacial score (nSPS) is 30.7. The van der Waals surface area contributed by atoms with Crippen molar-refractivity contribution in [3.8, 4) is 11.5 Å². The smallest absolute Gasteiger partial charge is 0.254 e. The van der Waals surface area contributed by atoms with E-state index in [-0.39, 0.29) is 24.7 Å². The van der Waals surface area contributed by atoms with Gasteiger partial charge in [0.2, 0.25) is 11.6 Å². The lowest BCUT2D eigenvalue weighted by molar-refractivity contribution is -0.0910. The highest BCUT2D eigenvalue weighted by atomic mass is 19.3. The van der Waals surface area contributed by atoms with Gasteiger partial charge in [-0.25, -0.2) is 8.78 Å². The maximum Gasteiger partial charge on any atom is 0.254 e. The Kier molecular flexibility index (Phi) is 10.7. The van der Waals surface area contributed by atoms with Crippen LogP contribution in [0.1, 0.15) is 110 Å². The topological polar surface area (TPSA) is 18.5 Å². The molecule has 38 heavy (non-hydrogen) atoms. The maximum atomic E-state index is 15.0. The fraction of sp³-hybridized carbons (Fsp3) is 0.812. The monoisotopic (exact) mass is 540 g/mol. The lowest BCUT2D eigenvalue weighted by Crippen LogP contribution is -2.35. The van der Waals surface area contributed by atoms with Crippen molar-refractivity contribution in [3.63, 3.8) is 0 Å². The van der Waals surface area contributed by atoms with Crippen LogP contribution in [0.3, 0.4) is 0 Å². The van der Waals surface area contributed by atoms with Crippen LogP contribution in [0.15, 0.2) is 12.1 Å². The number of alkyl halides is 2. The number of benzene rings is 1. The zero-order chi connectivity index (χ0) is 27.1. The standard InChI is InChI=1S/C32H48F4O2/c1-3-5-22-6-8-23(9-7-22)24-10-12-25(13-11-24)26-14-16-27(17-15-26)32(35,36)20-21-38-29-19-18-28(37-4-2)30(33)31(29)34/h18-19,22-27H,3-17,20-21H2,1-2H3. The predicted octanol–water partition coefficient (Wildman–Crippen LogP) is 9.99. The first kappa shape index (κ1) is 29.5. The summed E-state index contributed by atoms with van der Waals surface area (Å²) in [5.41, 5.74) is 0. The largest absolute Gasteiger partial charge is 0.491 e. The molecule has 0 heterocycles. The number of rotatable bonds is 11. The van der Waals surface area contributed by atoms with E-state index in [9.17, 15) is 17.6 Å². The Bertz CT molecular complexity index is 851. The van der Waals surface area contributed by atoms with Gasteiger partial charge >= 0.3 is 0 Å². The lowest BCUT2D eigenvalue weighted by atomic mass is 9.64. The van der Waals surface area contributed by atoms with E-state index in [1.54, 1.807) is 6.92 Å². The minimum absolute atomic E-state index is 0.201. The van der Waals surface area contributed by atoms with Gasteiger partial charge in [-0.2, -0.15) is 8.78 Å². The average molecular weight is 541 g/mol. The van der Waals surface area contributed by atoms with Crippen molar-refractivity contribution >= 4 is 0 Å². The minimum Gasteiger partial charge on any atom is -0.491 e. The summed E-state index contributed by atoms with van der Waals surface area (Å²) in [6.07, 6.45) is 16.0. The summed E-state index contributed by atoms with van der Waals surface area (Å²) < 4.78 is 68.4. The van der Waals surface area contributed by atoms with Crippen LogP contribution in [0, 0.1) is 47.1 Å². The maximum absolute atomic E-state index is 15.0. The van der Waals surface area contributed by atoms with Crippen LogP contribution in [-0.2, 0) is 0 Å². The summed E-state index contributed by atoms with van der Waals surface area (Å²) in [4.78, 5) is 0. The Morgan fingerprint density at radius 3 is 1.61 bits per heavy atom. The molecule has 6 heteroatoms. The Morgan fingerprint density at radius 2 is 1.13 bits per heavy atom. The Hall–Kier alpha value is -1.46. The van der Waals surface area contributed by atoms with Gasteiger partial charge in [0, 0.05) is 12.3 Å². The van der Waals surface area contributed by atoms with E-state index in [0.29, 0.717) is 24.7 Å². The van der Waals surface area contributed by atoms with Crippen molar-refractivity contribution in [2.75, 3.05) is 13.2 Å². The molecule has 3 fully saturated rings. The second kappa shape index (κ2) is 13.7. The first-order valence-electron chi connectivity index (χ1n) is 15.4. The van der Waals surface area contributed by atoms with Gasteiger partial charge in [-0.05, 0) is 113 Å². The molecule has 0 aliphatic heterocycles. The summed E-state index contributed by atoms with van der Waals surface area (Å²) in [7, 11) is 0. The second-order valence-corrected chi connectivity index (χ2v) is 12.3. The van der Waals surface area contributed by atoms with Crippen molar-refractivity contribution < 1.29 is 27.0 Å². The highest BCUT2D eigenvalue weighted by Crippen LogP contribution is 2.48. The highest BCUT2D eigenvalue weighted by molar-refractivity contribution is 5.35. The van der Waals surface area contributed by atoms with Crippen molar-refractivity contribution in [3.05, 3.63) is 23.8 Å². The van der Waals surface area contributed by atoms with Crippen molar-refractivity contribution in [2.24, 2.45) is 35.5 Å². The van der Waals surface area contributed by atoms with Crippen LogP contribution in [0.5, 0.6) is 11.5 Å². The fourth-order valence-electron chi connectivity index (χ4n) is 7.85. The fourth-order valence-corrected chi connectivity index (χ4v) is 7.85. The van der Waals surface area contributed by atoms with E-state index in [4.69, 9.17) is 9.47 Å². The zero-order valence-corrected chi connectivity index (χ0v) is 23.5. The second-order valence-electron chi connectivity index (χ2n) is 12.3. The lowest BCUT2D eigenvalue weighted by Gasteiger charge is -2.42. The van der Waals surface area contributed by atoms with Crippen molar-refractivity contribution in [1.29, 1.82) is 0 Å². The van der Waals surface area contributed by atoms with Gasteiger partial charge in [0.25, 0.3) is 5.92 Å². The first-order chi connectivity index (χ1) is 18.3. The minimum atomic E-state index is -2.86. The predicted molar refractivity (Wildman–Crippen MR) is 144 cm³/mol. The first-order valence-corrected chi connectivity index (χ1v) is 15.4. The molecule has 0 N–H and O–H groups in total. The van der Waals surface area contributed by atoms with E-state index < -0.39 is 29.9 Å². The molecule has 0 aromatic heterocycles. The molecule has 0 amide bonds. The molecule has 3 saturated carbocycles. The molecular weight excluding hydrogens is 492 g/mol. The van der Waals surface area contributed by atoms with Crippen molar-refractivity contribution in [1.82, 2.24) is 0 Å².